The Hall–Kier alpha value is -0.890. The molecular formula is C18H28Cl2N4O2. The lowest BCUT2D eigenvalue weighted by Crippen LogP contribution is -2.48. The molecule has 6 nitrogen and oxygen atoms in total. The summed E-state index contributed by atoms with van der Waals surface area (Å²) < 4.78 is 5.43. The number of halogens is 2. The summed E-state index contributed by atoms with van der Waals surface area (Å²) in [4.78, 5) is 12.8. The number of hydrazine groups is 1. The van der Waals surface area contributed by atoms with Gasteiger partial charge in [-0.05, 0) is 43.6 Å². The number of nitrogens with one attached hydrogen (secondary N) is 4. The maximum absolute atomic E-state index is 12.8. The van der Waals surface area contributed by atoms with Gasteiger partial charge in [-0.2, -0.15) is 0 Å². The second kappa shape index (κ2) is 9.88. The predicted octanol–water partition coefficient (Wildman–Crippen LogP) is 1.66. The molecule has 146 valence electrons. The van der Waals surface area contributed by atoms with Gasteiger partial charge in [0.05, 0.1) is 18.6 Å². The van der Waals surface area contributed by atoms with Crippen LogP contribution in [-0.4, -0.2) is 45.8 Å². The largest absolute Gasteiger partial charge is 0.384 e. The fourth-order valence-corrected chi connectivity index (χ4v) is 4.00. The molecule has 1 amide bonds. The van der Waals surface area contributed by atoms with Crippen LogP contribution in [0.1, 0.15) is 24.4 Å². The summed E-state index contributed by atoms with van der Waals surface area (Å²) in [6.45, 7) is 3.86. The molecule has 0 aliphatic carbocycles. The Morgan fingerprint density at radius 2 is 2.15 bits per heavy atom. The lowest BCUT2D eigenvalue weighted by Gasteiger charge is -2.37. The SMILES string of the molecule is COCC1(CNC(=O)C2CNNC2c2cccc(Cl)c2)CCNCC1.Cl. The third kappa shape index (κ3) is 5.09. The van der Waals surface area contributed by atoms with Gasteiger partial charge in [-0.1, -0.05) is 23.7 Å². The van der Waals surface area contributed by atoms with E-state index in [4.69, 9.17) is 16.3 Å². The first kappa shape index (κ1) is 21.4. The maximum Gasteiger partial charge on any atom is 0.226 e. The van der Waals surface area contributed by atoms with Gasteiger partial charge >= 0.3 is 0 Å². The summed E-state index contributed by atoms with van der Waals surface area (Å²) in [6, 6.07) is 7.58. The summed E-state index contributed by atoms with van der Waals surface area (Å²) in [5, 5.41) is 7.23. The van der Waals surface area contributed by atoms with Crippen LogP contribution in [0, 0.1) is 11.3 Å². The highest BCUT2D eigenvalue weighted by atomic mass is 35.5. The van der Waals surface area contributed by atoms with Gasteiger partial charge in [0.15, 0.2) is 0 Å². The zero-order chi connectivity index (χ0) is 17.7. The lowest BCUT2D eigenvalue weighted by atomic mass is 9.79. The quantitative estimate of drug-likeness (QED) is 0.582. The average Bonchev–Trinajstić information content (AvgIpc) is 3.11. The molecule has 0 bridgehead atoms. The maximum atomic E-state index is 12.8. The van der Waals surface area contributed by atoms with Gasteiger partial charge in [0, 0.05) is 30.6 Å². The van der Waals surface area contributed by atoms with Crippen molar-refractivity contribution in [2.24, 2.45) is 11.3 Å². The fraction of sp³-hybridized carbons (Fsp3) is 0.611. The van der Waals surface area contributed by atoms with Crippen molar-refractivity contribution in [1.29, 1.82) is 0 Å². The molecule has 2 atom stereocenters. The second-order valence-electron chi connectivity index (χ2n) is 7.07. The van der Waals surface area contributed by atoms with Crippen LogP contribution >= 0.6 is 24.0 Å². The number of piperidine rings is 1. The Bertz CT molecular complexity index is 591. The van der Waals surface area contributed by atoms with Crippen LogP contribution in [0.15, 0.2) is 24.3 Å². The van der Waals surface area contributed by atoms with Gasteiger partial charge in [-0.15, -0.1) is 12.4 Å². The zero-order valence-electron chi connectivity index (χ0n) is 15.0. The van der Waals surface area contributed by atoms with Crippen LogP contribution in [0.25, 0.3) is 0 Å². The highest BCUT2D eigenvalue weighted by Crippen LogP contribution is 2.30. The number of carbonyl (C=O) groups excluding carboxylic acids is 1. The molecule has 2 unspecified atom stereocenters. The first-order chi connectivity index (χ1) is 12.1. The molecule has 2 saturated heterocycles. The standard InChI is InChI=1S/C18H27ClN4O2.ClH/c1-25-12-18(5-7-20-8-6-18)11-21-17(24)15-10-22-23-16(15)13-3-2-4-14(19)9-13;/h2-4,9,15-16,20,22-23H,5-8,10-12H2,1H3,(H,21,24);1H. The molecule has 26 heavy (non-hydrogen) atoms. The van der Waals surface area contributed by atoms with E-state index in [-0.39, 0.29) is 35.7 Å². The summed E-state index contributed by atoms with van der Waals surface area (Å²) in [6.07, 6.45) is 2.03. The predicted molar refractivity (Wildman–Crippen MR) is 105 cm³/mol. The molecule has 3 rings (SSSR count). The third-order valence-corrected chi connectivity index (χ3v) is 5.51. The Kier molecular flexibility index (Phi) is 8.13. The molecular weight excluding hydrogens is 375 g/mol. The van der Waals surface area contributed by atoms with E-state index < -0.39 is 0 Å². The van der Waals surface area contributed by atoms with E-state index in [1.807, 2.05) is 24.3 Å². The zero-order valence-corrected chi connectivity index (χ0v) is 16.6. The van der Waals surface area contributed by atoms with E-state index in [1.54, 1.807) is 7.11 Å². The molecule has 2 heterocycles. The van der Waals surface area contributed by atoms with Gasteiger partial charge in [0.2, 0.25) is 5.91 Å². The Balaban J connectivity index is 0.00000243. The summed E-state index contributed by atoms with van der Waals surface area (Å²) >= 11 is 6.10. The number of amides is 1. The number of ether oxygens (including phenoxy) is 1. The summed E-state index contributed by atoms with van der Waals surface area (Å²) in [7, 11) is 1.73. The van der Waals surface area contributed by atoms with Crippen LogP contribution in [0.5, 0.6) is 0 Å². The van der Waals surface area contributed by atoms with Crippen molar-refractivity contribution in [2.45, 2.75) is 18.9 Å². The van der Waals surface area contributed by atoms with Crippen molar-refractivity contribution in [2.75, 3.05) is 39.9 Å². The normalized spacial score (nSPS) is 24.7. The molecule has 0 spiro atoms. The fourth-order valence-electron chi connectivity index (χ4n) is 3.80. The number of benzene rings is 1. The minimum absolute atomic E-state index is 0. The Morgan fingerprint density at radius 1 is 1.38 bits per heavy atom. The highest BCUT2D eigenvalue weighted by Gasteiger charge is 2.37. The van der Waals surface area contributed by atoms with E-state index in [2.05, 4.69) is 21.5 Å². The average molecular weight is 403 g/mol. The minimum Gasteiger partial charge on any atom is -0.384 e. The van der Waals surface area contributed by atoms with E-state index in [0.29, 0.717) is 24.7 Å². The molecule has 2 aliphatic heterocycles. The van der Waals surface area contributed by atoms with Crippen molar-refractivity contribution in [3.8, 4) is 0 Å². The van der Waals surface area contributed by atoms with Gasteiger partial charge < -0.3 is 15.4 Å². The van der Waals surface area contributed by atoms with Crippen LogP contribution in [0.2, 0.25) is 5.02 Å². The molecule has 1 aromatic rings. The van der Waals surface area contributed by atoms with E-state index in [9.17, 15) is 4.79 Å². The smallest absolute Gasteiger partial charge is 0.226 e. The van der Waals surface area contributed by atoms with Crippen LogP contribution in [0.3, 0.4) is 0 Å². The number of carbonyl (C=O) groups is 1. The lowest BCUT2D eigenvalue weighted by molar-refractivity contribution is -0.125. The van der Waals surface area contributed by atoms with E-state index in [1.165, 1.54) is 0 Å². The van der Waals surface area contributed by atoms with E-state index >= 15 is 0 Å². The monoisotopic (exact) mass is 402 g/mol. The van der Waals surface area contributed by atoms with Crippen molar-refractivity contribution in [1.82, 2.24) is 21.5 Å². The number of rotatable bonds is 6. The second-order valence-corrected chi connectivity index (χ2v) is 7.50. The number of hydrogen-bond acceptors (Lipinski definition) is 5. The summed E-state index contributed by atoms with van der Waals surface area (Å²) in [5.74, 6) is -0.101. The molecule has 1 aromatic carbocycles. The summed E-state index contributed by atoms with van der Waals surface area (Å²) in [5.41, 5.74) is 7.35. The van der Waals surface area contributed by atoms with Crippen molar-refractivity contribution in [3.63, 3.8) is 0 Å². The van der Waals surface area contributed by atoms with Gasteiger partial charge in [0.25, 0.3) is 0 Å². The molecule has 8 heteroatoms. The third-order valence-electron chi connectivity index (χ3n) is 5.28. The van der Waals surface area contributed by atoms with Crippen molar-refractivity contribution in [3.05, 3.63) is 34.9 Å². The van der Waals surface area contributed by atoms with Crippen LogP contribution in [-0.2, 0) is 9.53 Å². The van der Waals surface area contributed by atoms with Gasteiger partial charge in [-0.3, -0.25) is 10.2 Å². The number of methoxy groups -OCH3 is 1. The molecule has 2 aliphatic rings. The van der Waals surface area contributed by atoms with Gasteiger partial charge in [-0.25, -0.2) is 5.43 Å². The number of hydrogen-bond donors (Lipinski definition) is 4. The first-order valence-electron chi connectivity index (χ1n) is 8.85. The topological polar surface area (TPSA) is 74.4 Å². The molecule has 0 aromatic heterocycles. The van der Waals surface area contributed by atoms with Crippen LogP contribution < -0.4 is 21.5 Å². The molecule has 2 fully saturated rings. The Morgan fingerprint density at radius 3 is 2.85 bits per heavy atom. The molecule has 0 saturated carbocycles. The Labute approximate surface area is 166 Å². The van der Waals surface area contributed by atoms with Crippen molar-refractivity contribution >= 4 is 29.9 Å². The van der Waals surface area contributed by atoms with Gasteiger partial charge in [0.1, 0.15) is 0 Å². The highest BCUT2D eigenvalue weighted by molar-refractivity contribution is 6.30. The molecule has 4 N–H and O–H groups in total. The van der Waals surface area contributed by atoms with Crippen molar-refractivity contribution < 1.29 is 9.53 Å². The first-order valence-corrected chi connectivity index (χ1v) is 9.23. The van der Waals surface area contributed by atoms with Crippen LogP contribution in [0.4, 0.5) is 0 Å². The molecule has 0 radical (unpaired) electrons. The minimum atomic E-state index is -0.167. The van der Waals surface area contributed by atoms with E-state index in [0.717, 1.165) is 31.5 Å².